The first-order valence-corrected chi connectivity index (χ1v) is 4.74. The van der Waals surface area contributed by atoms with E-state index in [1.807, 2.05) is 0 Å². The molecule has 2 aromatic rings. The molecule has 5 heteroatoms. The van der Waals surface area contributed by atoms with Crippen LogP contribution in [0.3, 0.4) is 0 Å². The van der Waals surface area contributed by atoms with E-state index in [1.165, 1.54) is 6.20 Å². The zero-order valence-electron chi connectivity index (χ0n) is 8.73. The van der Waals surface area contributed by atoms with Crippen LogP contribution in [-0.4, -0.2) is 10.9 Å². The summed E-state index contributed by atoms with van der Waals surface area (Å²) in [6.45, 7) is 1.78. The summed E-state index contributed by atoms with van der Waals surface area (Å²) in [7, 11) is 0. The van der Waals surface area contributed by atoms with Gasteiger partial charge in [-0.2, -0.15) is 0 Å². The summed E-state index contributed by atoms with van der Waals surface area (Å²) in [5, 5.41) is 2.64. The van der Waals surface area contributed by atoms with Gasteiger partial charge in [-0.25, -0.2) is 0 Å². The number of anilines is 2. The summed E-state index contributed by atoms with van der Waals surface area (Å²) in [5.41, 5.74) is 6.58. The van der Waals surface area contributed by atoms with Gasteiger partial charge in [-0.3, -0.25) is 9.78 Å². The van der Waals surface area contributed by atoms with Crippen LogP contribution in [0.2, 0.25) is 0 Å². The number of hydrogen-bond acceptors (Lipinski definition) is 4. The first-order valence-electron chi connectivity index (χ1n) is 4.74. The Balaban J connectivity index is 2.17. The van der Waals surface area contributed by atoms with E-state index in [9.17, 15) is 4.79 Å². The topological polar surface area (TPSA) is 81.2 Å². The fourth-order valence-corrected chi connectivity index (χ4v) is 1.26. The molecule has 16 heavy (non-hydrogen) atoms. The molecule has 3 N–H and O–H groups in total. The largest absolute Gasteiger partial charge is 0.456 e. The molecule has 0 aliphatic carbocycles. The van der Waals surface area contributed by atoms with Crippen LogP contribution in [0.25, 0.3) is 0 Å². The van der Waals surface area contributed by atoms with Gasteiger partial charge >= 0.3 is 0 Å². The van der Waals surface area contributed by atoms with Crippen molar-refractivity contribution in [2.45, 2.75) is 6.92 Å². The highest BCUT2D eigenvalue weighted by Gasteiger charge is 2.11. The Kier molecular flexibility index (Phi) is 2.59. The second-order valence-corrected chi connectivity index (χ2v) is 3.33. The highest BCUT2D eigenvalue weighted by atomic mass is 16.3. The summed E-state index contributed by atoms with van der Waals surface area (Å²) < 4.78 is 5.19. The van der Waals surface area contributed by atoms with Crippen molar-refractivity contribution < 1.29 is 9.21 Å². The molecule has 0 unspecified atom stereocenters. The highest BCUT2D eigenvalue weighted by molar-refractivity contribution is 6.03. The Morgan fingerprint density at radius 1 is 1.44 bits per heavy atom. The van der Waals surface area contributed by atoms with Crippen molar-refractivity contribution in [1.29, 1.82) is 0 Å². The van der Waals surface area contributed by atoms with Gasteiger partial charge in [-0.15, -0.1) is 0 Å². The maximum atomic E-state index is 11.7. The van der Waals surface area contributed by atoms with Crippen LogP contribution in [0.5, 0.6) is 0 Å². The van der Waals surface area contributed by atoms with Gasteiger partial charge in [0.05, 0.1) is 17.6 Å². The van der Waals surface area contributed by atoms with Gasteiger partial charge in [-0.05, 0) is 25.1 Å². The number of rotatable bonds is 2. The molecule has 82 valence electrons. The number of nitrogens with two attached hydrogens (primary N) is 1. The van der Waals surface area contributed by atoms with Gasteiger partial charge in [0, 0.05) is 6.20 Å². The molecular weight excluding hydrogens is 206 g/mol. The third-order valence-corrected chi connectivity index (χ3v) is 2.06. The first kappa shape index (κ1) is 10.2. The lowest BCUT2D eigenvalue weighted by atomic mass is 10.3. The van der Waals surface area contributed by atoms with Gasteiger partial charge in [0.1, 0.15) is 5.76 Å². The molecule has 0 radical (unpaired) electrons. The van der Waals surface area contributed by atoms with E-state index in [0.29, 0.717) is 17.1 Å². The van der Waals surface area contributed by atoms with E-state index >= 15 is 0 Å². The van der Waals surface area contributed by atoms with Gasteiger partial charge in [0.25, 0.3) is 5.91 Å². The van der Waals surface area contributed by atoms with E-state index in [1.54, 1.807) is 31.3 Å². The van der Waals surface area contributed by atoms with Crippen molar-refractivity contribution in [3.63, 3.8) is 0 Å². The fourth-order valence-electron chi connectivity index (χ4n) is 1.26. The molecule has 1 amide bonds. The fraction of sp³-hybridized carbons (Fsp3) is 0.0909. The van der Waals surface area contributed by atoms with Crippen molar-refractivity contribution >= 4 is 17.3 Å². The standard InChI is InChI=1S/C11H11N3O2/c1-7-2-3-10(16-7)11(15)14-9-4-5-13-6-8(9)12/h2-6H,12H2,1H3,(H,13,14,15). The zero-order chi connectivity index (χ0) is 11.5. The van der Waals surface area contributed by atoms with Crippen LogP contribution in [0, 0.1) is 6.92 Å². The lowest BCUT2D eigenvalue weighted by Crippen LogP contribution is -2.12. The van der Waals surface area contributed by atoms with Crippen molar-refractivity contribution in [1.82, 2.24) is 4.98 Å². The number of nitrogens with zero attached hydrogens (tertiary/aromatic N) is 1. The third kappa shape index (κ3) is 2.03. The lowest BCUT2D eigenvalue weighted by molar-refractivity contribution is 0.0995. The second-order valence-electron chi connectivity index (χ2n) is 3.33. The normalized spacial score (nSPS) is 10.1. The average Bonchev–Trinajstić information content (AvgIpc) is 2.68. The van der Waals surface area contributed by atoms with E-state index < -0.39 is 0 Å². The molecule has 0 bridgehead atoms. The molecule has 2 heterocycles. The van der Waals surface area contributed by atoms with Crippen molar-refractivity contribution in [2.24, 2.45) is 0 Å². The first-order chi connectivity index (χ1) is 7.66. The number of nitrogen functional groups attached to an aromatic ring is 1. The Labute approximate surface area is 92.3 Å². The smallest absolute Gasteiger partial charge is 0.291 e. The number of hydrogen-bond donors (Lipinski definition) is 2. The number of aryl methyl sites for hydroxylation is 1. The number of amides is 1. The SMILES string of the molecule is Cc1ccc(C(=O)Nc2ccncc2N)o1. The third-order valence-electron chi connectivity index (χ3n) is 2.06. The van der Waals surface area contributed by atoms with Crippen molar-refractivity contribution in [3.05, 3.63) is 42.1 Å². The van der Waals surface area contributed by atoms with E-state index in [4.69, 9.17) is 10.2 Å². The van der Waals surface area contributed by atoms with Crippen LogP contribution in [0.1, 0.15) is 16.3 Å². The number of aromatic nitrogens is 1. The van der Waals surface area contributed by atoms with E-state index in [-0.39, 0.29) is 11.7 Å². The molecule has 2 rings (SSSR count). The van der Waals surface area contributed by atoms with Crippen LogP contribution in [-0.2, 0) is 0 Å². The molecule has 0 aliphatic rings. The quantitative estimate of drug-likeness (QED) is 0.803. The summed E-state index contributed by atoms with van der Waals surface area (Å²) in [6, 6.07) is 4.97. The predicted octanol–water partition coefficient (Wildman–Crippen LogP) is 1.82. The lowest BCUT2D eigenvalue weighted by Gasteiger charge is -2.05. The number of carbonyl (C=O) groups excluding carboxylic acids is 1. The molecule has 0 spiro atoms. The summed E-state index contributed by atoms with van der Waals surface area (Å²) >= 11 is 0. The van der Waals surface area contributed by atoms with Crippen LogP contribution >= 0.6 is 0 Å². The molecule has 0 aliphatic heterocycles. The van der Waals surface area contributed by atoms with Gasteiger partial charge in [0.2, 0.25) is 0 Å². The minimum atomic E-state index is -0.328. The Hall–Kier alpha value is -2.30. The van der Waals surface area contributed by atoms with Crippen LogP contribution in [0.4, 0.5) is 11.4 Å². The highest BCUT2D eigenvalue weighted by Crippen LogP contribution is 2.17. The number of carbonyl (C=O) groups is 1. The molecule has 0 fully saturated rings. The molecule has 0 saturated heterocycles. The Bertz CT molecular complexity index is 519. The summed E-state index contributed by atoms with van der Waals surface area (Å²) in [5.74, 6) is 0.618. The van der Waals surface area contributed by atoms with Gasteiger partial charge in [-0.1, -0.05) is 0 Å². The summed E-state index contributed by atoms with van der Waals surface area (Å²) in [4.78, 5) is 15.5. The maximum absolute atomic E-state index is 11.7. The molecule has 5 nitrogen and oxygen atoms in total. The second kappa shape index (κ2) is 4.06. The average molecular weight is 217 g/mol. The molecule has 2 aromatic heterocycles. The monoisotopic (exact) mass is 217 g/mol. The predicted molar refractivity (Wildman–Crippen MR) is 60.0 cm³/mol. The minimum absolute atomic E-state index is 0.258. The minimum Gasteiger partial charge on any atom is -0.456 e. The van der Waals surface area contributed by atoms with Crippen LogP contribution < -0.4 is 11.1 Å². The van der Waals surface area contributed by atoms with Gasteiger partial charge in [0.15, 0.2) is 5.76 Å². The Morgan fingerprint density at radius 3 is 2.88 bits per heavy atom. The number of nitrogens with one attached hydrogen (secondary N) is 1. The van der Waals surface area contributed by atoms with Crippen molar-refractivity contribution in [2.75, 3.05) is 11.1 Å². The molecule has 0 aromatic carbocycles. The summed E-state index contributed by atoms with van der Waals surface area (Å²) in [6.07, 6.45) is 3.03. The Morgan fingerprint density at radius 2 is 2.25 bits per heavy atom. The van der Waals surface area contributed by atoms with Crippen LogP contribution in [0.15, 0.2) is 35.0 Å². The van der Waals surface area contributed by atoms with Gasteiger partial charge < -0.3 is 15.5 Å². The molecule has 0 atom stereocenters. The maximum Gasteiger partial charge on any atom is 0.291 e. The zero-order valence-corrected chi connectivity index (χ0v) is 8.73. The van der Waals surface area contributed by atoms with Crippen molar-refractivity contribution in [3.8, 4) is 0 Å². The van der Waals surface area contributed by atoms with E-state index in [2.05, 4.69) is 10.3 Å². The number of furan rings is 1. The number of pyridine rings is 1. The molecule has 0 saturated carbocycles. The van der Waals surface area contributed by atoms with E-state index in [0.717, 1.165) is 0 Å². The molecular formula is C11H11N3O2.